The Labute approximate surface area is 174 Å². The van der Waals surface area contributed by atoms with Crippen molar-refractivity contribution in [3.05, 3.63) is 54.4 Å². The van der Waals surface area contributed by atoms with Gasteiger partial charge in [-0.2, -0.15) is 8.78 Å². The first-order valence-corrected chi connectivity index (χ1v) is 9.59. The van der Waals surface area contributed by atoms with Crippen LogP contribution in [0.15, 0.2) is 43.1 Å². The number of nitrogens with zero attached hydrogens (tertiary/aromatic N) is 5. The summed E-state index contributed by atoms with van der Waals surface area (Å²) in [7, 11) is 0. The molecule has 0 spiro atoms. The van der Waals surface area contributed by atoms with E-state index in [-0.39, 0.29) is 11.1 Å². The Hall–Kier alpha value is -2.99. The zero-order valence-electron chi connectivity index (χ0n) is 16.2. The average molecular weight is 431 g/mol. The van der Waals surface area contributed by atoms with E-state index < -0.39 is 37.2 Å². The molecule has 0 unspecified atom stereocenters. The van der Waals surface area contributed by atoms with Crippen molar-refractivity contribution >= 4 is 22.1 Å². The number of rotatable bonds is 4. The fraction of sp³-hybridized carbons (Fsp3) is 0.350. The summed E-state index contributed by atoms with van der Waals surface area (Å²) in [6.07, 6.45) is -2.27. The monoisotopic (exact) mass is 431 g/mol. The van der Waals surface area contributed by atoms with Crippen molar-refractivity contribution in [1.82, 2.24) is 24.1 Å². The summed E-state index contributed by atoms with van der Waals surface area (Å²) in [6.45, 7) is -0.966. The first-order valence-electron chi connectivity index (χ1n) is 9.59. The molecule has 4 heterocycles. The normalized spacial score (nSPS) is 25.1. The summed E-state index contributed by atoms with van der Waals surface area (Å²) >= 11 is 0. The van der Waals surface area contributed by atoms with Gasteiger partial charge in [-0.3, -0.25) is 4.57 Å². The second-order valence-corrected chi connectivity index (χ2v) is 7.51. The average Bonchev–Trinajstić information content (AvgIpc) is 3.44. The Kier molecular flexibility index (Phi) is 4.70. The van der Waals surface area contributed by atoms with Crippen LogP contribution < -0.4 is 0 Å². The fourth-order valence-electron chi connectivity index (χ4n) is 4.05. The summed E-state index contributed by atoms with van der Waals surface area (Å²) < 4.78 is 34.5. The van der Waals surface area contributed by atoms with Crippen LogP contribution in [0.2, 0.25) is 0 Å². The topological polar surface area (TPSA) is 118 Å². The molecule has 0 radical (unpaired) electrons. The predicted molar refractivity (Wildman–Crippen MR) is 104 cm³/mol. The summed E-state index contributed by atoms with van der Waals surface area (Å²) in [4.78, 5) is 12.3. The highest BCUT2D eigenvalue weighted by Crippen LogP contribution is 2.38. The van der Waals surface area contributed by atoms with Crippen LogP contribution in [-0.2, 0) is 4.74 Å². The number of halogens is 2. The van der Waals surface area contributed by atoms with Crippen molar-refractivity contribution < 1.29 is 28.8 Å². The molecule has 0 amide bonds. The molecule has 31 heavy (non-hydrogen) atoms. The van der Waals surface area contributed by atoms with E-state index in [0.717, 1.165) is 17.4 Å². The Balaban J connectivity index is 1.47. The molecule has 1 fully saturated rings. The number of imidazole rings is 1. The molecule has 1 aliphatic heterocycles. The number of ether oxygens (including phenoxy) is 1. The third-order valence-corrected chi connectivity index (χ3v) is 5.72. The van der Waals surface area contributed by atoms with Crippen molar-refractivity contribution in [3.63, 3.8) is 0 Å². The van der Waals surface area contributed by atoms with E-state index in [1.54, 1.807) is 16.8 Å². The maximum absolute atomic E-state index is 13.2. The van der Waals surface area contributed by atoms with Crippen molar-refractivity contribution in [2.75, 3.05) is 0 Å². The van der Waals surface area contributed by atoms with Crippen molar-refractivity contribution in [2.45, 2.75) is 44.1 Å². The second kappa shape index (κ2) is 7.31. The predicted octanol–water partition coefficient (Wildman–Crippen LogP) is 1.84. The largest absolute Gasteiger partial charge is 0.387 e. The van der Waals surface area contributed by atoms with Crippen LogP contribution in [0.3, 0.4) is 0 Å². The van der Waals surface area contributed by atoms with Gasteiger partial charge in [0.2, 0.25) is 0 Å². The van der Waals surface area contributed by atoms with Gasteiger partial charge in [-0.25, -0.2) is 15.0 Å². The number of benzene rings is 1. The summed E-state index contributed by atoms with van der Waals surface area (Å²) in [6, 6.07) is 6.17. The number of alkyl halides is 2. The summed E-state index contributed by atoms with van der Waals surface area (Å²) in [5.41, 5.74) is 2.00. The number of aryl methyl sites for hydroxylation is 1. The molecule has 9 nitrogen and oxygen atoms in total. The molecule has 3 aromatic heterocycles. The number of hydrogen-bond donors (Lipinski definition) is 3. The highest BCUT2D eigenvalue weighted by atomic mass is 19.3. The lowest BCUT2D eigenvalue weighted by Crippen LogP contribution is -2.34. The minimum Gasteiger partial charge on any atom is -0.387 e. The third-order valence-electron chi connectivity index (χ3n) is 5.72. The molecule has 1 saturated heterocycles. The number of aromatic nitrogens is 5. The first-order chi connectivity index (χ1) is 14.9. The van der Waals surface area contributed by atoms with Gasteiger partial charge in [0.15, 0.2) is 6.23 Å². The van der Waals surface area contributed by atoms with Gasteiger partial charge in [0.25, 0.3) is 0 Å². The molecular formula is C20H19F2N5O4. The van der Waals surface area contributed by atoms with Gasteiger partial charge in [-0.15, -0.1) is 0 Å². The zero-order chi connectivity index (χ0) is 21.9. The molecule has 4 aromatic rings. The molecule has 3 N–H and O–H groups in total. The quantitative estimate of drug-likeness (QED) is 0.451. The highest BCUT2D eigenvalue weighted by molar-refractivity contribution is 5.78. The Morgan fingerprint density at radius 1 is 1.10 bits per heavy atom. The van der Waals surface area contributed by atoms with Gasteiger partial charge in [0.1, 0.15) is 42.7 Å². The van der Waals surface area contributed by atoms with Crippen molar-refractivity contribution in [3.8, 4) is 0 Å². The van der Waals surface area contributed by atoms with Gasteiger partial charge >= 0.3 is 6.55 Å². The van der Waals surface area contributed by atoms with Crippen LogP contribution in [-0.4, -0.2) is 57.7 Å². The molecule has 5 rings (SSSR count). The lowest BCUT2D eigenvalue weighted by atomic mass is 9.99. The summed E-state index contributed by atoms with van der Waals surface area (Å²) in [5.74, 6) is 0. The van der Waals surface area contributed by atoms with Gasteiger partial charge in [-0.05, 0) is 30.7 Å². The SMILES string of the molecule is Cc1ncnc2c1ccn2[C@@H]1O[C@H]([C@H](O)c2ccc3ncn(C(F)F)c3c2)[C@@H](O)[C@H]1O. The minimum absolute atomic E-state index is 0.139. The van der Waals surface area contributed by atoms with Crippen LogP contribution >= 0.6 is 0 Å². The van der Waals surface area contributed by atoms with Crippen LogP contribution in [0.5, 0.6) is 0 Å². The van der Waals surface area contributed by atoms with E-state index in [0.29, 0.717) is 15.7 Å². The van der Waals surface area contributed by atoms with E-state index in [9.17, 15) is 24.1 Å². The Morgan fingerprint density at radius 2 is 1.90 bits per heavy atom. The van der Waals surface area contributed by atoms with Gasteiger partial charge < -0.3 is 24.6 Å². The lowest BCUT2D eigenvalue weighted by Gasteiger charge is -2.21. The molecule has 0 bridgehead atoms. The molecule has 162 valence electrons. The molecule has 0 aliphatic carbocycles. The third kappa shape index (κ3) is 3.08. The van der Waals surface area contributed by atoms with Gasteiger partial charge in [0, 0.05) is 11.6 Å². The zero-order valence-corrected chi connectivity index (χ0v) is 16.2. The lowest BCUT2D eigenvalue weighted by molar-refractivity contribution is -0.0848. The first kappa shape index (κ1) is 19.9. The second-order valence-electron chi connectivity index (χ2n) is 7.51. The molecule has 1 aromatic carbocycles. The Morgan fingerprint density at radius 3 is 2.68 bits per heavy atom. The fourth-order valence-corrected chi connectivity index (χ4v) is 4.05. The van der Waals surface area contributed by atoms with Crippen molar-refractivity contribution in [1.29, 1.82) is 0 Å². The number of aliphatic hydroxyl groups excluding tert-OH is 3. The van der Waals surface area contributed by atoms with Crippen molar-refractivity contribution in [2.24, 2.45) is 0 Å². The van der Waals surface area contributed by atoms with Crippen LogP contribution in [0.25, 0.3) is 22.1 Å². The van der Waals surface area contributed by atoms with Gasteiger partial charge in [0.05, 0.1) is 16.7 Å². The maximum Gasteiger partial charge on any atom is 0.320 e. The summed E-state index contributed by atoms with van der Waals surface area (Å²) in [5, 5.41) is 32.8. The number of hydrogen-bond acceptors (Lipinski definition) is 7. The molecule has 0 saturated carbocycles. The standard InChI is InChI=1S/C20H19F2N5O4/c1-9-11-4-5-26(18(11)24-7-23-9)19-16(30)15(29)17(31-19)14(28)10-2-3-12-13(6-10)27(8-25-12)20(21)22/h2-8,14-17,19-20,28-30H,1H3/t14-,15+,16-,17-,19-/m1/s1. The molecule has 11 heteroatoms. The Bertz CT molecular complexity index is 1260. The van der Waals surface area contributed by atoms with E-state index in [4.69, 9.17) is 4.74 Å². The molecule has 5 atom stereocenters. The smallest absolute Gasteiger partial charge is 0.320 e. The maximum atomic E-state index is 13.2. The minimum atomic E-state index is -2.79. The number of fused-ring (bicyclic) bond motifs is 2. The van der Waals surface area contributed by atoms with Crippen LogP contribution in [0.1, 0.15) is 30.1 Å². The van der Waals surface area contributed by atoms with E-state index in [1.807, 2.05) is 6.92 Å². The van der Waals surface area contributed by atoms with E-state index in [2.05, 4.69) is 15.0 Å². The van der Waals surface area contributed by atoms with Gasteiger partial charge in [-0.1, -0.05) is 6.07 Å². The number of aliphatic hydroxyl groups is 3. The van der Waals surface area contributed by atoms with Crippen LogP contribution in [0, 0.1) is 6.92 Å². The molecular weight excluding hydrogens is 412 g/mol. The van der Waals surface area contributed by atoms with E-state index >= 15 is 0 Å². The van der Waals surface area contributed by atoms with E-state index in [1.165, 1.54) is 24.5 Å². The van der Waals surface area contributed by atoms with Crippen LogP contribution in [0.4, 0.5) is 8.78 Å². The molecule has 1 aliphatic rings. The highest BCUT2D eigenvalue weighted by Gasteiger charge is 2.47.